The second-order valence-electron chi connectivity index (χ2n) is 5.93. The van der Waals surface area contributed by atoms with Gasteiger partial charge in [-0.1, -0.05) is 29.8 Å². The molecule has 1 aromatic carbocycles. The van der Waals surface area contributed by atoms with Crippen molar-refractivity contribution in [3.05, 3.63) is 47.5 Å². The Morgan fingerprint density at radius 1 is 1.33 bits per heavy atom. The van der Waals surface area contributed by atoms with E-state index in [4.69, 9.17) is 4.74 Å². The van der Waals surface area contributed by atoms with Gasteiger partial charge in [0.25, 0.3) is 0 Å². The van der Waals surface area contributed by atoms with Crippen LogP contribution in [0.4, 0.5) is 0 Å². The highest BCUT2D eigenvalue weighted by atomic mass is 16.5. The molecule has 21 heavy (non-hydrogen) atoms. The van der Waals surface area contributed by atoms with E-state index in [-0.39, 0.29) is 0 Å². The van der Waals surface area contributed by atoms with Crippen molar-refractivity contribution in [2.45, 2.75) is 46.4 Å². The predicted octanol–water partition coefficient (Wildman–Crippen LogP) is 3.08. The summed E-state index contributed by atoms with van der Waals surface area (Å²) in [5.74, 6) is 0. The van der Waals surface area contributed by atoms with E-state index in [1.54, 1.807) is 6.08 Å². The third-order valence-electron chi connectivity index (χ3n) is 3.60. The number of rotatable bonds is 9. The molecule has 3 nitrogen and oxygen atoms in total. The number of hydrogen-bond donors (Lipinski definition) is 1. The summed E-state index contributed by atoms with van der Waals surface area (Å²) in [7, 11) is 0. The first-order valence-electron chi connectivity index (χ1n) is 7.61. The molecule has 0 saturated carbocycles. The van der Waals surface area contributed by atoms with Crippen LogP contribution in [0.5, 0.6) is 0 Å². The van der Waals surface area contributed by atoms with Crippen LogP contribution in [0.1, 0.15) is 30.5 Å². The molecule has 0 heterocycles. The third-order valence-corrected chi connectivity index (χ3v) is 3.60. The lowest BCUT2D eigenvalue weighted by Gasteiger charge is -2.29. The van der Waals surface area contributed by atoms with Crippen LogP contribution >= 0.6 is 0 Å². The van der Waals surface area contributed by atoms with Crippen LogP contribution in [-0.4, -0.2) is 41.9 Å². The quantitative estimate of drug-likeness (QED) is 0.560. The molecule has 118 valence electrons. The SMILES string of the molecule is C=CCOC[C@H](O)CN(Cc1cc(C)ccc1C)C(C)C. The lowest BCUT2D eigenvalue weighted by molar-refractivity contribution is 0.0178. The highest BCUT2D eigenvalue weighted by molar-refractivity contribution is 5.30. The van der Waals surface area contributed by atoms with Crippen LogP contribution in [0.3, 0.4) is 0 Å². The Morgan fingerprint density at radius 3 is 2.67 bits per heavy atom. The van der Waals surface area contributed by atoms with Crippen molar-refractivity contribution in [1.82, 2.24) is 4.90 Å². The van der Waals surface area contributed by atoms with E-state index in [2.05, 4.69) is 57.4 Å². The fourth-order valence-corrected chi connectivity index (χ4v) is 2.26. The van der Waals surface area contributed by atoms with Gasteiger partial charge in [-0.25, -0.2) is 0 Å². The average Bonchev–Trinajstić information content (AvgIpc) is 2.42. The van der Waals surface area contributed by atoms with Gasteiger partial charge >= 0.3 is 0 Å². The average molecular weight is 291 g/mol. The van der Waals surface area contributed by atoms with Crippen LogP contribution in [0.2, 0.25) is 0 Å². The maximum Gasteiger partial charge on any atom is 0.0900 e. The van der Waals surface area contributed by atoms with Crippen molar-refractivity contribution in [1.29, 1.82) is 0 Å². The van der Waals surface area contributed by atoms with Crippen molar-refractivity contribution in [3.8, 4) is 0 Å². The van der Waals surface area contributed by atoms with Gasteiger partial charge in [0.15, 0.2) is 0 Å². The minimum absolute atomic E-state index is 0.349. The van der Waals surface area contributed by atoms with Crippen LogP contribution in [-0.2, 0) is 11.3 Å². The van der Waals surface area contributed by atoms with E-state index in [0.29, 0.717) is 25.8 Å². The summed E-state index contributed by atoms with van der Waals surface area (Å²) in [6.07, 6.45) is 1.22. The zero-order valence-corrected chi connectivity index (χ0v) is 13.8. The molecule has 0 aromatic heterocycles. The number of hydrogen-bond acceptors (Lipinski definition) is 3. The predicted molar refractivity (Wildman–Crippen MR) is 88.5 cm³/mol. The maximum absolute atomic E-state index is 10.1. The van der Waals surface area contributed by atoms with Crippen molar-refractivity contribution >= 4 is 0 Å². The number of benzene rings is 1. The number of aliphatic hydroxyl groups is 1. The summed E-state index contributed by atoms with van der Waals surface area (Å²) in [5.41, 5.74) is 3.89. The van der Waals surface area contributed by atoms with Crippen LogP contribution in [0.15, 0.2) is 30.9 Å². The first-order valence-corrected chi connectivity index (χ1v) is 7.61. The van der Waals surface area contributed by atoms with E-state index < -0.39 is 6.10 Å². The molecular weight excluding hydrogens is 262 g/mol. The smallest absolute Gasteiger partial charge is 0.0900 e. The Balaban J connectivity index is 2.65. The van der Waals surface area contributed by atoms with Gasteiger partial charge in [-0.3, -0.25) is 4.90 Å². The van der Waals surface area contributed by atoms with Gasteiger partial charge < -0.3 is 9.84 Å². The van der Waals surface area contributed by atoms with Gasteiger partial charge in [-0.15, -0.1) is 6.58 Å². The monoisotopic (exact) mass is 291 g/mol. The van der Waals surface area contributed by atoms with Crippen molar-refractivity contribution < 1.29 is 9.84 Å². The summed E-state index contributed by atoms with van der Waals surface area (Å²) in [6, 6.07) is 6.90. The minimum atomic E-state index is -0.475. The molecule has 0 unspecified atom stereocenters. The number of aryl methyl sites for hydroxylation is 2. The van der Waals surface area contributed by atoms with E-state index in [1.807, 2.05) is 0 Å². The third kappa shape index (κ3) is 6.42. The first kappa shape index (κ1) is 17.9. The largest absolute Gasteiger partial charge is 0.389 e. The Hall–Kier alpha value is -1.16. The molecule has 1 N–H and O–H groups in total. The molecule has 0 aliphatic carbocycles. The molecule has 0 saturated heterocycles. The van der Waals surface area contributed by atoms with E-state index in [9.17, 15) is 5.11 Å². The Bertz CT molecular complexity index is 443. The molecular formula is C18H29NO2. The molecule has 0 fully saturated rings. The first-order chi connectivity index (χ1) is 9.93. The molecule has 0 aliphatic heterocycles. The number of nitrogens with zero attached hydrogens (tertiary/aromatic N) is 1. The van der Waals surface area contributed by atoms with Gasteiger partial charge in [0.05, 0.1) is 19.3 Å². The molecule has 0 aliphatic rings. The van der Waals surface area contributed by atoms with Crippen LogP contribution < -0.4 is 0 Å². The van der Waals surface area contributed by atoms with E-state index >= 15 is 0 Å². The molecule has 1 rings (SSSR count). The maximum atomic E-state index is 10.1. The summed E-state index contributed by atoms with van der Waals surface area (Å²) < 4.78 is 5.32. The van der Waals surface area contributed by atoms with E-state index in [0.717, 1.165) is 6.54 Å². The van der Waals surface area contributed by atoms with Gasteiger partial charge in [-0.05, 0) is 38.8 Å². The van der Waals surface area contributed by atoms with Crippen molar-refractivity contribution in [2.24, 2.45) is 0 Å². The zero-order valence-electron chi connectivity index (χ0n) is 13.8. The van der Waals surface area contributed by atoms with Gasteiger partial charge in [0, 0.05) is 19.1 Å². The second-order valence-corrected chi connectivity index (χ2v) is 5.93. The lowest BCUT2D eigenvalue weighted by Crippen LogP contribution is -2.39. The summed E-state index contributed by atoms with van der Waals surface area (Å²) >= 11 is 0. The van der Waals surface area contributed by atoms with Gasteiger partial charge in [0.1, 0.15) is 0 Å². The molecule has 0 radical (unpaired) electrons. The molecule has 0 spiro atoms. The van der Waals surface area contributed by atoms with Crippen LogP contribution in [0, 0.1) is 13.8 Å². The summed E-state index contributed by atoms with van der Waals surface area (Å²) in [4.78, 5) is 2.28. The lowest BCUT2D eigenvalue weighted by atomic mass is 10.0. The molecule has 1 aromatic rings. The van der Waals surface area contributed by atoms with E-state index in [1.165, 1.54) is 16.7 Å². The molecule has 0 bridgehead atoms. The Labute approximate surface area is 129 Å². The second kappa shape index (κ2) is 8.98. The highest BCUT2D eigenvalue weighted by Gasteiger charge is 2.16. The Morgan fingerprint density at radius 2 is 2.05 bits per heavy atom. The zero-order chi connectivity index (χ0) is 15.8. The van der Waals surface area contributed by atoms with Crippen LogP contribution in [0.25, 0.3) is 0 Å². The Kier molecular flexibility index (Phi) is 7.65. The van der Waals surface area contributed by atoms with Crippen molar-refractivity contribution in [3.63, 3.8) is 0 Å². The number of ether oxygens (including phenoxy) is 1. The van der Waals surface area contributed by atoms with Gasteiger partial charge in [0.2, 0.25) is 0 Å². The standard InChI is InChI=1S/C18H29NO2/c1-6-9-21-13-18(20)12-19(14(2)3)11-17-10-15(4)7-8-16(17)5/h6-8,10,14,18,20H,1,9,11-13H2,2-5H3/t18-/m1/s1. The molecule has 1 atom stereocenters. The highest BCUT2D eigenvalue weighted by Crippen LogP contribution is 2.15. The summed E-state index contributed by atoms with van der Waals surface area (Å²) in [5, 5.41) is 10.1. The minimum Gasteiger partial charge on any atom is -0.389 e. The topological polar surface area (TPSA) is 32.7 Å². The molecule has 3 heteroatoms. The fraction of sp³-hybridized carbons (Fsp3) is 0.556. The molecule has 0 amide bonds. The number of aliphatic hydroxyl groups excluding tert-OH is 1. The fourth-order valence-electron chi connectivity index (χ4n) is 2.26. The van der Waals surface area contributed by atoms with Gasteiger partial charge in [-0.2, -0.15) is 0 Å². The van der Waals surface area contributed by atoms with Crippen molar-refractivity contribution in [2.75, 3.05) is 19.8 Å². The normalized spacial score (nSPS) is 12.9. The summed E-state index contributed by atoms with van der Waals surface area (Å²) in [6.45, 7) is 14.5.